The van der Waals surface area contributed by atoms with Crippen LogP contribution in [0.5, 0.6) is 0 Å². The van der Waals surface area contributed by atoms with Gasteiger partial charge in [-0.1, -0.05) is 60.2 Å². The molecule has 3 aromatic carbocycles. The fraction of sp³-hybridized carbons (Fsp3) is 0.133. The fourth-order valence-electron chi connectivity index (χ4n) is 4.32. The molecular weight excluding hydrogens is 496 g/mol. The molecule has 188 valence electrons. The van der Waals surface area contributed by atoms with Crippen molar-refractivity contribution in [1.82, 2.24) is 14.5 Å². The van der Waals surface area contributed by atoms with Crippen molar-refractivity contribution >= 4 is 27.5 Å². The number of nitriles is 1. The Kier molecular flexibility index (Phi) is 7.03. The molecule has 0 aliphatic carbocycles. The Labute approximate surface area is 222 Å². The number of hydrogen-bond donors (Lipinski definition) is 1. The van der Waals surface area contributed by atoms with Crippen molar-refractivity contribution < 1.29 is 4.79 Å². The third-order valence-corrected chi connectivity index (χ3v) is 7.28. The Morgan fingerprint density at radius 3 is 2.39 bits per heavy atom. The number of carbonyl (C=O) groups is 1. The van der Waals surface area contributed by atoms with Gasteiger partial charge in [-0.2, -0.15) is 5.26 Å². The lowest BCUT2D eigenvalue weighted by atomic mass is 10.1. The molecule has 0 aliphatic rings. The van der Waals surface area contributed by atoms with Gasteiger partial charge in [0.1, 0.15) is 4.70 Å². The average molecular weight is 521 g/mol. The lowest BCUT2D eigenvalue weighted by Gasteiger charge is -2.13. The summed E-state index contributed by atoms with van der Waals surface area (Å²) in [5.41, 5.74) is 4.20. The molecule has 1 N–H and O–H groups in total. The summed E-state index contributed by atoms with van der Waals surface area (Å²) in [7, 11) is 0. The van der Waals surface area contributed by atoms with Gasteiger partial charge in [0.2, 0.25) is 5.91 Å². The van der Waals surface area contributed by atoms with Crippen molar-refractivity contribution in [3.8, 4) is 11.8 Å². The average Bonchev–Trinajstić information content (AvgIpc) is 3.42. The molecule has 0 radical (unpaired) electrons. The number of benzene rings is 3. The minimum Gasteiger partial charge on any atom is -0.352 e. The number of aromatic nitrogens is 2. The van der Waals surface area contributed by atoms with Crippen LogP contribution in [0.1, 0.15) is 27.8 Å². The molecule has 0 bridgehead atoms. The van der Waals surface area contributed by atoms with Crippen molar-refractivity contribution in [2.45, 2.75) is 26.4 Å². The van der Waals surface area contributed by atoms with Gasteiger partial charge in [0.25, 0.3) is 5.56 Å². The molecule has 0 spiro atoms. The fourth-order valence-corrected chi connectivity index (χ4v) is 5.15. The highest BCUT2D eigenvalue weighted by atomic mass is 32.1. The third kappa shape index (κ3) is 5.05. The van der Waals surface area contributed by atoms with Gasteiger partial charge in [0, 0.05) is 6.54 Å². The standard InChI is InChI=1S/C30H24N4O3S/c1-20-6-8-22(9-7-20)18-32-27(35)16-21-10-12-25(13-11-21)34-29(36)28-26(14-15-38-28)33(30(34)37)19-24-5-3-2-4-23(24)17-31/h2-15H,16,18-19H2,1H3,(H,32,35). The summed E-state index contributed by atoms with van der Waals surface area (Å²) in [6, 6.07) is 25.9. The van der Waals surface area contributed by atoms with Gasteiger partial charge >= 0.3 is 5.69 Å². The topological polar surface area (TPSA) is 96.9 Å². The molecule has 0 saturated heterocycles. The molecule has 0 aliphatic heterocycles. The minimum atomic E-state index is -0.489. The maximum atomic E-state index is 13.6. The van der Waals surface area contributed by atoms with E-state index in [1.54, 1.807) is 53.9 Å². The van der Waals surface area contributed by atoms with Crippen molar-refractivity contribution in [2.24, 2.45) is 0 Å². The van der Waals surface area contributed by atoms with Gasteiger partial charge in [0.05, 0.1) is 35.8 Å². The summed E-state index contributed by atoms with van der Waals surface area (Å²) in [4.78, 5) is 39.3. The number of aryl methyl sites for hydroxylation is 1. The molecule has 8 heteroatoms. The van der Waals surface area contributed by atoms with Gasteiger partial charge in [0.15, 0.2) is 0 Å². The van der Waals surface area contributed by atoms with Crippen LogP contribution in [0, 0.1) is 18.3 Å². The van der Waals surface area contributed by atoms with E-state index >= 15 is 0 Å². The Morgan fingerprint density at radius 1 is 0.947 bits per heavy atom. The molecule has 5 rings (SSSR count). The van der Waals surface area contributed by atoms with Gasteiger partial charge in [-0.15, -0.1) is 11.3 Å². The molecule has 0 atom stereocenters. The van der Waals surface area contributed by atoms with E-state index in [1.165, 1.54) is 15.9 Å². The number of amides is 1. The number of nitrogens with one attached hydrogen (secondary N) is 1. The van der Waals surface area contributed by atoms with Crippen LogP contribution in [0.4, 0.5) is 0 Å². The van der Waals surface area contributed by atoms with Crippen LogP contribution in [0.2, 0.25) is 0 Å². The first-order valence-electron chi connectivity index (χ1n) is 12.1. The van der Waals surface area contributed by atoms with E-state index in [1.807, 2.05) is 37.3 Å². The second kappa shape index (κ2) is 10.7. The van der Waals surface area contributed by atoms with E-state index in [9.17, 15) is 19.6 Å². The van der Waals surface area contributed by atoms with Gasteiger partial charge in [-0.3, -0.25) is 14.2 Å². The highest BCUT2D eigenvalue weighted by Gasteiger charge is 2.17. The molecule has 1 amide bonds. The van der Waals surface area contributed by atoms with Crippen LogP contribution >= 0.6 is 11.3 Å². The Hall–Kier alpha value is -4.74. The number of nitrogens with zero attached hydrogens (tertiary/aromatic N) is 3. The quantitative estimate of drug-likeness (QED) is 0.346. The summed E-state index contributed by atoms with van der Waals surface area (Å²) < 4.78 is 3.13. The summed E-state index contributed by atoms with van der Waals surface area (Å²) in [6.07, 6.45) is 0.181. The van der Waals surface area contributed by atoms with E-state index in [2.05, 4.69) is 11.4 Å². The second-order valence-electron chi connectivity index (χ2n) is 9.02. The number of fused-ring (bicyclic) bond motifs is 1. The first-order chi connectivity index (χ1) is 18.4. The van der Waals surface area contributed by atoms with Crippen LogP contribution in [0.15, 0.2) is 93.8 Å². The number of carbonyl (C=O) groups excluding carboxylic acids is 1. The van der Waals surface area contributed by atoms with E-state index < -0.39 is 11.2 Å². The lowest BCUT2D eigenvalue weighted by Crippen LogP contribution is -2.38. The summed E-state index contributed by atoms with van der Waals surface area (Å²) in [5.74, 6) is -0.117. The Balaban J connectivity index is 1.41. The summed E-state index contributed by atoms with van der Waals surface area (Å²) in [5, 5.41) is 14.2. The summed E-state index contributed by atoms with van der Waals surface area (Å²) >= 11 is 1.27. The highest BCUT2D eigenvalue weighted by molar-refractivity contribution is 7.17. The zero-order valence-electron chi connectivity index (χ0n) is 20.7. The van der Waals surface area contributed by atoms with Crippen molar-refractivity contribution in [1.29, 1.82) is 5.26 Å². The number of rotatable bonds is 7. The van der Waals surface area contributed by atoms with Crippen molar-refractivity contribution in [2.75, 3.05) is 0 Å². The van der Waals surface area contributed by atoms with E-state index in [0.29, 0.717) is 33.6 Å². The molecular formula is C30H24N4O3S. The van der Waals surface area contributed by atoms with Gasteiger partial charge in [-0.05, 0) is 53.3 Å². The zero-order chi connectivity index (χ0) is 26.6. The minimum absolute atomic E-state index is 0.117. The predicted molar refractivity (Wildman–Crippen MR) is 149 cm³/mol. The molecule has 0 saturated carbocycles. The largest absolute Gasteiger partial charge is 0.352 e. The van der Waals surface area contributed by atoms with Crippen LogP contribution in [-0.4, -0.2) is 15.0 Å². The summed E-state index contributed by atoms with van der Waals surface area (Å²) in [6.45, 7) is 2.62. The SMILES string of the molecule is Cc1ccc(CNC(=O)Cc2ccc(-n3c(=O)c4sccc4n(Cc4ccccc4C#N)c3=O)cc2)cc1. The third-order valence-electron chi connectivity index (χ3n) is 6.39. The lowest BCUT2D eigenvalue weighted by molar-refractivity contribution is -0.120. The number of thiophene rings is 1. The number of hydrogen-bond acceptors (Lipinski definition) is 5. The van der Waals surface area contributed by atoms with Gasteiger partial charge in [-0.25, -0.2) is 9.36 Å². The Morgan fingerprint density at radius 2 is 1.66 bits per heavy atom. The molecule has 7 nitrogen and oxygen atoms in total. The molecule has 2 heterocycles. The normalized spacial score (nSPS) is 10.8. The van der Waals surface area contributed by atoms with E-state index in [-0.39, 0.29) is 18.9 Å². The Bertz CT molecular complexity index is 1790. The van der Waals surface area contributed by atoms with Crippen LogP contribution < -0.4 is 16.6 Å². The molecule has 2 aromatic heterocycles. The monoisotopic (exact) mass is 520 g/mol. The maximum absolute atomic E-state index is 13.6. The second-order valence-corrected chi connectivity index (χ2v) is 9.93. The first kappa shape index (κ1) is 24.9. The molecule has 5 aromatic rings. The molecule has 0 unspecified atom stereocenters. The molecule has 0 fully saturated rings. The predicted octanol–water partition coefficient (Wildman–Crippen LogP) is 4.30. The highest BCUT2D eigenvalue weighted by Crippen LogP contribution is 2.19. The van der Waals surface area contributed by atoms with E-state index in [0.717, 1.165) is 21.3 Å². The first-order valence-corrected chi connectivity index (χ1v) is 12.9. The van der Waals surface area contributed by atoms with E-state index in [4.69, 9.17) is 0 Å². The van der Waals surface area contributed by atoms with Crippen molar-refractivity contribution in [3.63, 3.8) is 0 Å². The van der Waals surface area contributed by atoms with Crippen LogP contribution in [-0.2, 0) is 24.3 Å². The van der Waals surface area contributed by atoms with Crippen LogP contribution in [0.25, 0.3) is 15.9 Å². The van der Waals surface area contributed by atoms with Gasteiger partial charge < -0.3 is 5.32 Å². The maximum Gasteiger partial charge on any atom is 0.336 e. The molecule has 38 heavy (non-hydrogen) atoms. The van der Waals surface area contributed by atoms with Crippen LogP contribution in [0.3, 0.4) is 0 Å². The smallest absolute Gasteiger partial charge is 0.336 e. The van der Waals surface area contributed by atoms with Crippen molar-refractivity contribution in [3.05, 3.63) is 133 Å². The zero-order valence-corrected chi connectivity index (χ0v) is 21.5.